The molecule has 0 aliphatic carbocycles. The van der Waals surface area contributed by atoms with Gasteiger partial charge in [-0.1, -0.05) is 32.9 Å². The van der Waals surface area contributed by atoms with Crippen LogP contribution in [0.4, 0.5) is 10.1 Å². The number of anilines is 1. The number of aryl methyl sites for hydroxylation is 1. The van der Waals surface area contributed by atoms with E-state index in [-0.39, 0.29) is 17.3 Å². The maximum absolute atomic E-state index is 13.8. The van der Waals surface area contributed by atoms with Crippen LogP contribution in [0.1, 0.15) is 38.1 Å². The minimum Gasteiger partial charge on any atom is -0.374 e. The van der Waals surface area contributed by atoms with E-state index in [9.17, 15) is 4.39 Å². The first-order valence-corrected chi connectivity index (χ1v) is 7.08. The number of nitrogens with zero attached hydrogens (tertiary/aromatic N) is 2. The average Bonchev–Trinajstić information content (AvgIpc) is 2.80. The molecule has 3 N–H and O–H groups in total. The van der Waals surface area contributed by atoms with Crippen molar-refractivity contribution in [2.24, 2.45) is 12.8 Å². The van der Waals surface area contributed by atoms with Crippen molar-refractivity contribution in [1.29, 1.82) is 0 Å². The third-order valence-corrected chi connectivity index (χ3v) is 3.38. The fourth-order valence-electron chi connectivity index (χ4n) is 2.37. The molecule has 0 radical (unpaired) electrons. The van der Waals surface area contributed by atoms with Crippen LogP contribution in [-0.4, -0.2) is 16.3 Å². The number of aromatic nitrogens is 2. The second-order valence-electron chi connectivity index (χ2n) is 6.27. The van der Waals surface area contributed by atoms with Crippen molar-refractivity contribution >= 4 is 5.69 Å². The van der Waals surface area contributed by atoms with Crippen molar-refractivity contribution in [2.45, 2.75) is 32.2 Å². The van der Waals surface area contributed by atoms with E-state index in [1.54, 1.807) is 22.9 Å². The summed E-state index contributed by atoms with van der Waals surface area (Å²) in [7, 11) is 1.88. The van der Waals surface area contributed by atoms with E-state index in [0.29, 0.717) is 12.2 Å². The Bertz CT molecular complexity index is 613. The van der Waals surface area contributed by atoms with Gasteiger partial charge in [-0.2, -0.15) is 5.10 Å². The molecule has 2 aromatic rings. The van der Waals surface area contributed by atoms with E-state index in [2.05, 4.69) is 31.2 Å². The Balaban J connectivity index is 2.37. The Morgan fingerprint density at radius 3 is 2.57 bits per heavy atom. The van der Waals surface area contributed by atoms with Crippen LogP contribution in [0.2, 0.25) is 0 Å². The Morgan fingerprint density at radius 1 is 1.33 bits per heavy atom. The molecule has 0 aliphatic rings. The summed E-state index contributed by atoms with van der Waals surface area (Å²) in [6, 6.07) is 6.44. The normalized spacial score (nSPS) is 13.2. The van der Waals surface area contributed by atoms with Gasteiger partial charge in [-0.05, 0) is 12.1 Å². The monoisotopic (exact) mass is 290 g/mol. The van der Waals surface area contributed by atoms with Gasteiger partial charge in [0, 0.05) is 30.8 Å². The molecule has 2 rings (SSSR count). The van der Waals surface area contributed by atoms with Crippen LogP contribution in [0, 0.1) is 5.82 Å². The summed E-state index contributed by atoms with van der Waals surface area (Å²) in [4.78, 5) is 0. The number of para-hydroxylation sites is 1. The summed E-state index contributed by atoms with van der Waals surface area (Å²) in [6.45, 7) is 6.68. The lowest BCUT2D eigenvalue weighted by molar-refractivity contribution is 0.543. The molecule has 0 spiro atoms. The molecule has 0 saturated heterocycles. The van der Waals surface area contributed by atoms with Gasteiger partial charge in [-0.15, -0.1) is 0 Å². The fraction of sp³-hybridized carbons (Fsp3) is 0.438. The molecule has 0 bridgehead atoms. The number of hydrogen-bond acceptors (Lipinski definition) is 3. The predicted octanol–water partition coefficient (Wildman–Crippen LogP) is 2.97. The summed E-state index contributed by atoms with van der Waals surface area (Å²) < 4.78 is 15.6. The van der Waals surface area contributed by atoms with Gasteiger partial charge in [0.05, 0.1) is 17.4 Å². The van der Waals surface area contributed by atoms with Crippen LogP contribution in [0.25, 0.3) is 0 Å². The molecule has 0 fully saturated rings. The summed E-state index contributed by atoms with van der Waals surface area (Å²) >= 11 is 0. The maximum Gasteiger partial charge on any atom is 0.146 e. The molecule has 1 aromatic heterocycles. The molecular formula is C16H23FN4. The first-order valence-electron chi connectivity index (χ1n) is 7.08. The number of nitrogens with two attached hydrogens (primary N) is 1. The molecule has 5 heteroatoms. The topological polar surface area (TPSA) is 55.9 Å². The lowest BCUT2D eigenvalue weighted by atomic mass is 9.87. The largest absolute Gasteiger partial charge is 0.374 e. The van der Waals surface area contributed by atoms with Crippen LogP contribution in [0.15, 0.2) is 30.5 Å². The first-order chi connectivity index (χ1) is 9.82. The number of halogens is 1. The van der Waals surface area contributed by atoms with E-state index in [0.717, 1.165) is 11.3 Å². The molecular weight excluding hydrogens is 267 g/mol. The molecule has 1 aromatic carbocycles. The van der Waals surface area contributed by atoms with Gasteiger partial charge in [0.25, 0.3) is 0 Å². The molecule has 21 heavy (non-hydrogen) atoms. The zero-order valence-electron chi connectivity index (χ0n) is 13.0. The van der Waals surface area contributed by atoms with Crippen molar-refractivity contribution in [1.82, 2.24) is 9.78 Å². The van der Waals surface area contributed by atoms with Crippen LogP contribution < -0.4 is 11.1 Å². The maximum atomic E-state index is 13.8. The van der Waals surface area contributed by atoms with Gasteiger partial charge < -0.3 is 11.1 Å². The summed E-state index contributed by atoms with van der Waals surface area (Å²) in [5.41, 5.74) is 8.25. The van der Waals surface area contributed by atoms with Gasteiger partial charge in [-0.25, -0.2) is 4.39 Å². The summed E-state index contributed by atoms with van der Waals surface area (Å²) in [6.07, 6.45) is 1.95. The molecule has 0 amide bonds. The molecule has 0 saturated carbocycles. The highest BCUT2D eigenvalue weighted by molar-refractivity contribution is 5.47. The summed E-state index contributed by atoms with van der Waals surface area (Å²) in [5.74, 6) is -0.280. The second kappa shape index (κ2) is 5.85. The molecule has 114 valence electrons. The number of nitrogens with one attached hydrogen (secondary N) is 1. The minimum atomic E-state index is -0.280. The molecule has 4 nitrogen and oxygen atoms in total. The lowest BCUT2D eigenvalue weighted by Crippen LogP contribution is -2.25. The highest BCUT2D eigenvalue weighted by atomic mass is 19.1. The standard InChI is InChI=1S/C16H23FN4/c1-16(2,3)15-11(10-21(4)20-15)14(9-18)19-13-8-6-5-7-12(13)17/h5-8,10,14,19H,9,18H2,1-4H3. The number of benzene rings is 1. The Hall–Kier alpha value is -1.88. The van der Waals surface area contributed by atoms with E-state index in [1.165, 1.54) is 6.07 Å². The fourth-order valence-corrected chi connectivity index (χ4v) is 2.37. The van der Waals surface area contributed by atoms with Gasteiger partial charge >= 0.3 is 0 Å². The molecule has 1 unspecified atom stereocenters. The van der Waals surface area contributed by atoms with Crippen LogP contribution in [0.5, 0.6) is 0 Å². The average molecular weight is 290 g/mol. The molecule has 0 aliphatic heterocycles. The van der Waals surface area contributed by atoms with Crippen LogP contribution >= 0.6 is 0 Å². The van der Waals surface area contributed by atoms with Gasteiger partial charge in [0.15, 0.2) is 0 Å². The van der Waals surface area contributed by atoms with Crippen molar-refractivity contribution in [3.63, 3.8) is 0 Å². The minimum absolute atomic E-state index is 0.0963. The smallest absolute Gasteiger partial charge is 0.146 e. The lowest BCUT2D eigenvalue weighted by Gasteiger charge is -2.23. The van der Waals surface area contributed by atoms with Crippen molar-refractivity contribution in [2.75, 3.05) is 11.9 Å². The second-order valence-corrected chi connectivity index (χ2v) is 6.27. The first kappa shape index (κ1) is 15.5. The van der Waals surface area contributed by atoms with Crippen molar-refractivity contribution < 1.29 is 4.39 Å². The van der Waals surface area contributed by atoms with Gasteiger partial charge in [-0.3, -0.25) is 4.68 Å². The number of hydrogen-bond donors (Lipinski definition) is 2. The van der Waals surface area contributed by atoms with Crippen molar-refractivity contribution in [3.8, 4) is 0 Å². The molecule has 1 heterocycles. The third-order valence-electron chi connectivity index (χ3n) is 3.38. The third kappa shape index (κ3) is 3.42. The highest BCUT2D eigenvalue weighted by Gasteiger charge is 2.26. The Labute approximate surface area is 125 Å². The SMILES string of the molecule is Cn1cc(C(CN)Nc2ccccc2F)c(C(C)(C)C)n1. The highest BCUT2D eigenvalue weighted by Crippen LogP contribution is 2.30. The van der Waals surface area contributed by atoms with E-state index in [4.69, 9.17) is 5.73 Å². The Kier molecular flexibility index (Phi) is 4.32. The predicted molar refractivity (Wildman–Crippen MR) is 83.7 cm³/mol. The quantitative estimate of drug-likeness (QED) is 0.910. The van der Waals surface area contributed by atoms with Crippen molar-refractivity contribution in [3.05, 3.63) is 47.5 Å². The van der Waals surface area contributed by atoms with Gasteiger partial charge in [0.2, 0.25) is 0 Å². The van der Waals surface area contributed by atoms with Gasteiger partial charge in [0.1, 0.15) is 5.82 Å². The Morgan fingerprint density at radius 2 is 2.00 bits per heavy atom. The zero-order valence-corrected chi connectivity index (χ0v) is 13.0. The van der Waals surface area contributed by atoms with Crippen LogP contribution in [-0.2, 0) is 12.5 Å². The number of rotatable bonds is 4. The zero-order chi connectivity index (χ0) is 15.6. The van der Waals surface area contributed by atoms with E-state index >= 15 is 0 Å². The molecule has 1 atom stereocenters. The van der Waals surface area contributed by atoms with E-state index < -0.39 is 0 Å². The van der Waals surface area contributed by atoms with E-state index in [1.807, 2.05) is 13.2 Å². The summed E-state index contributed by atoms with van der Waals surface area (Å²) in [5, 5.41) is 7.73. The van der Waals surface area contributed by atoms with Crippen LogP contribution in [0.3, 0.4) is 0 Å².